The van der Waals surface area contributed by atoms with Gasteiger partial charge in [-0.25, -0.2) is 0 Å². The average molecular weight is 254 g/mol. The Balaban J connectivity index is 1.89. The normalized spacial score (nSPS) is 12.5. The van der Waals surface area contributed by atoms with Crippen molar-refractivity contribution >= 4 is 6.08 Å². The minimum Gasteiger partial charge on any atom is -0.490 e. The quantitative estimate of drug-likeness (QED) is 0.878. The van der Waals surface area contributed by atoms with Crippen molar-refractivity contribution in [2.75, 3.05) is 6.61 Å². The second-order valence-corrected chi connectivity index (χ2v) is 4.37. The molecule has 0 aliphatic heterocycles. The fourth-order valence-corrected chi connectivity index (χ4v) is 1.76. The first-order valence-electron chi connectivity index (χ1n) is 6.38. The molecule has 0 bridgehead atoms. The van der Waals surface area contributed by atoms with E-state index in [1.54, 1.807) is 6.92 Å². The summed E-state index contributed by atoms with van der Waals surface area (Å²) in [5.41, 5.74) is 2.02. The lowest BCUT2D eigenvalue weighted by molar-refractivity contribution is 0.198. The van der Waals surface area contributed by atoms with Gasteiger partial charge in [0.15, 0.2) is 0 Å². The van der Waals surface area contributed by atoms with E-state index >= 15 is 0 Å². The summed E-state index contributed by atoms with van der Waals surface area (Å²) in [4.78, 5) is 0. The molecule has 0 spiro atoms. The van der Waals surface area contributed by atoms with Crippen molar-refractivity contribution in [3.8, 4) is 5.75 Å². The fourth-order valence-electron chi connectivity index (χ4n) is 1.76. The van der Waals surface area contributed by atoms with E-state index in [0.717, 1.165) is 16.9 Å². The SMILES string of the molecule is C[C@H](O)c1cccc(OCC=Cc2ccccc2)c1. The third-order valence-corrected chi connectivity index (χ3v) is 2.80. The van der Waals surface area contributed by atoms with E-state index in [9.17, 15) is 5.11 Å². The fraction of sp³-hybridized carbons (Fsp3) is 0.176. The van der Waals surface area contributed by atoms with E-state index in [0.29, 0.717) is 6.61 Å². The Labute approximate surface area is 114 Å². The Morgan fingerprint density at radius 2 is 1.89 bits per heavy atom. The summed E-state index contributed by atoms with van der Waals surface area (Å²) in [5, 5.41) is 9.50. The van der Waals surface area contributed by atoms with Gasteiger partial charge in [0.25, 0.3) is 0 Å². The highest BCUT2D eigenvalue weighted by atomic mass is 16.5. The summed E-state index contributed by atoms with van der Waals surface area (Å²) in [6.07, 6.45) is 3.53. The molecule has 0 aliphatic rings. The van der Waals surface area contributed by atoms with E-state index in [-0.39, 0.29) is 0 Å². The van der Waals surface area contributed by atoms with Gasteiger partial charge in [-0.15, -0.1) is 0 Å². The van der Waals surface area contributed by atoms with E-state index in [1.165, 1.54) is 0 Å². The Morgan fingerprint density at radius 1 is 1.11 bits per heavy atom. The lowest BCUT2D eigenvalue weighted by Crippen LogP contribution is -1.96. The predicted molar refractivity (Wildman–Crippen MR) is 78.0 cm³/mol. The van der Waals surface area contributed by atoms with Crippen LogP contribution in [-0.4, -0.2) is 11.7 Å². The number of hydrogen-bond donors (Lipinski definition) is 1. The first-order valence-corrected chi connectivity index (χ1v) is 6.38. The second kappa shape index (κ2) is 6.76. The maximum Gasteiger partial charge on any atom is 0.120 e. The molecule has 2 rings (SSSR count). The Hall–Kier alpha value is -2.06. The standard InChI is InChI=1S/C17H18O2/c1-14(18)16-10-5-11-17(13-16)19-12-6-9-15-7-3-2-4-8-15/h2-11,13-14,18H,12H2,1H3/t14-/m0/s1. The highest BCUT2D eigenvalue weighted by Crippen LogP contribution is 2.18. The molecular weight excluding hydrogens is 236 g/mol. The predicted octanol–water partition coefficient (Wildman–Crippen LogP) is 3.83. The summed E-state index contributed by atoms with van der Waals surface area (Å²) < 4.78 is 5.62. The molecule has 1 atom stereocenters. The van der Waals surface area contributed by atoms with E-state index in [4.69, 9.17) is 4.74 Å². The van der Waals surface area contributed by atoms with Crippen LogP contribution in [0.25, 0.3) is 6.08 Å². The number of ether oxygens (including phenoxy) is 1. The molecular formula is C17H18O2. The van der Waals surface area contributed by atoms with Gasteiger partial charge in [-0.1, -0.05) is 48.5 Å². The van der Waals surface area contributed by atoms with Crippen LogP contribution in [0.1, 0.15) is 24.2 Å². The van der Waals surface area contributed by atoms with Crippen molar-refractivity contribution in [1.82, 2.24) is 0 Å². The summed E-state index contributed by atoms with van der Waals surface area (Å²) in [6.45, 7) is 2.26. The average Bonchev–Trinajstić information content (AvgIpc) is 2.45. The Morgan fingerprint density at radius 3 is 2.63 bits per heavy atom. The molecule has 0 fully saturated rings. The minimum absolute atomic E-state index is 0.469. The molecule has 0 heterocycles. The molecule has 19 heavy (non-hydrogen) atoms. The van der Waals surface area contributed by atoms with Gasteiger partial charge in [-0.3, -0.25) is 0 Å². The van der Waals surface area contributed by atoms with Crippen LogP contribution in [0, 0.1) is 0 Å². The summed E-state index contributed by atoms with van der Waals surface area (Å²) >= 11 is 0. The number of benzene rings is 2. The number of aliphatic hydroxyl groups is 1. The van der Waals surface area contributed by atoms with Gasteiger partial charge in [0.05, 0.1) is 6.10 Å². The maximum absolute atomic E-state index is 9.50. The van der Waals surface area contributed by atoms with Crippen molar-refractivity contribution in [3.05, 3.63) is 71.8 Å². The van der Waals surface area contributed by atoms with Crippen LogP contribution in [0.2, 0.25) is 0 Å². The topological polar surface area (TPSA) is 29.5 Å². The Kier molecular flexibility index (Phi) is 4.76. The molecule has 0 aliphatic carbocycles. The summed E-state index contributed by atoms with van der Waals surface area (Å²) in [6, 6.07) is 17.6. The number of aliphatic hydroxyl groups excluding tert-OH is 1. The van der Waals surface area contributed by atoms with Crippen LogP contribution in [0.4, 0.5) is 0 Å². The zero-order valence-corrected chi connectivity index (χ0v) is 11.0. The first-order chi connectivity index (χ1) is 9.25. The lowest BCUT2D eigenvalue weighted by atomic mass is 10.1. The molecule has 2 aromatic rings. The van der Waals surface area contributed by atoms with Crippen molar-refractivity contribution in [1.29, 1.82) is 0 Å². The highest BCUT2D eigenvalue weighted by Gasteiger charge is 2.01. The van der Waals surface area contributed by atoms with Crippen molar-refractivity contribution in [2.45, 2.75) is 13.0 Å². The molecule has 0 saturated heterocycles. The largest absolute Gasteiger partial charge is 0.490 e. The third-order valence-electron chi connectivity index (χ3n) is 2.80. The summed E-state index contributed by atoms with van der Waals surface area (Å²) in [5.74, 6) is 0.774. The van der Waals surface area contributed by atoms with Crippen LogP contribution in [0.15, 0.2) is 60.7 Å². The third kappa shape index (κ3) is 4.27. The Bertz CT molecular complexity index is 530. The van der Waals surface area contributed by atoms with Gasteiger partial charge in [0, 0.05) is 0 Å². The van der Waals surface area contributed by atoms with Gasteiger partial charge in [0.2, 0.25) is 0 Å². The zero-order chi connectivity index (χ0) is 13.5. The molecule has 0 aromatic heterocycles. The van der Waals surface area contributed by atoms with Crippen LogP contribution in [0.5, 0.6) is 5.75 Å². The van der Waals surface area contributed by atoms with E-state index < -0.39 is 6.10 Å². The van der Waals surface area contributed by atoms with E-state index in [2.05, 4.69) is 0 Å². The molecule has 0 saturated carbocycles. The molecule has 0 radical (unpaired) electrons. The molecule has 0 amide bonds. The zero-order valence-electron chi connectivity index (χ0n) is 11.0. The van der Waals surface area contributed by atoms with Crippen LogP contribution < -0.4 is 4.74 Å². The van der Waals surface area contributed by atoms with Gasteiger partial charge >= 0.3 is 0 Å². The molecule has 1 N–H and O–H groups in total. The van der Waals surface area contributed by atoms with Crippen LogP contribution in [0.3, 0.4) is 0 Å². The molecule has 2 heteroatoms. The minimum atomic E-state index is -0.469. The summed E-state index contributed by atoms with van der Waals surface area (Å²) in [7, 11) is 0. The first kappa shape index (κ1) is 13.4. The molecule has 2 nitrogen and oxygen atoms in total. The van der Waals surface area contributed by atoms with Gasteiger partial charge in [0.1, 0.15) is 12.4 Å². The smallest absolute Gasteiger partial charge is 0.120 e. The highest BCUT2D eigenvalue weighted by molar-refractivity contribution is 5.48. The van der Waals surface area contributed by atoms with Crippen LogP contribution in [-0.2, 0) is 0 Å². The monoisotopic (exact) mass is 254 g/mol. The van der Waals surface area contributed by atoms with Crippen molar-refractivity contribution in [2.24, 2.45) is 0 Å². The van der Waals surface area contributed by atoms with E-state index in [1.807, 2.05) is 66.7 Å². The molecule has 0 unspecified atom stereocenters. The van der Waals surface area contributed by atoms with Crippen LogP contribution >= 0.6 is 0 Å². The van der Waals surface area contributed by atoms with Gasteiger partial charge in [-0.2, -0.15) is 0 Å². The van der Waals surface area contributed by atoms with Crippen molar-refractivity contribution < 1.29 is 9.84 Å². The van der Waals surface area contributed by atoms with Gasteiger partial charge < -0.3 is 9.84 Å². The van der Waals surface area contributed by atoms with Crippen molar-refractivity contribution in [3.63, 3.8) is 0 Å². The number of hydrogen-bond acceptors (Lipinski definition) is 2. The van der Waals surface area contributed by atoms with Gasteiger partial charge in [-0.05, 0) is 36.3 Å². The lowest BCUT2D eigenvalue weighted by Gasteiger charge is -2.07. The second-order valence-electron chi connectivity index (χ2n) is 4.37. The molecule has 98 valence electrons. The maximum atomic E-state index is 9.50. The number of rotatable bonds is 5. The molecule has 2 aromatic carbocycles.